The number of aliphatic imine (C=N–C) groups is 1. The zero-order chi connectivity index (χ0) is 23.7. The van der Waals surface area contributed by atoms with Gasteiger partial charge in [-0.3, -0.25) is 9.59 Å². The first-order valence-corrected chi connectivity index (χ1v) is 10.3. The Morgan fingerprint density at radius 3 is 2.34 bits per heavy atom. The molecule has 1 aromatic carbocycles. The van der Waals surface area contributed by atoms with E-state index in [2.05, 4.69) is 10.3 Å². The molecule has 0 aromatic heterocycles. The van der Waals surface area contributed by atoms with Gasteiger partial charge in [0.25, 0.3) is 5.91 Å². The van der Waals surface area contributed by atoms with Crippen LogP contribution in [0.25, 0.3) is 0 Å². The number of nitrogens with one attached hydrogen (secondary N) is 1. The molecule has 4 N–H and O–H groups in total. The summed E-state index contributed by atoms with van der Waals surface area (Å²) in [6, 6.07) is 5.37. The summed E-state index contributed by atoms with van der Waals surface area (Å²) in [6.45, 7) is 3.94. The summed E-state index contributed by atoms with van der Waals surface area (Å²) in [7, 11) is 0. The van der Waals surface area contributed by atoms with E-state index in [1.807, 2.05) is 0 Å². The van der Waals surface area contributed by atoms with Crippen molar-refractivity contribution in [2.75, 3.05) is 26.3 Å². The Bertz CT molecular complexity index is 861. The maximum Gasteiger partial charge on any atom is 0.435 e. The highest BCUT2D eigenvalue weighted by atomic mass is 16.5. The molecule has 2 rings (SSSR count). The van der Waals surface area contributed by atoms with E-state index in [-0.39, 0.29) is 31.1 Å². The van der Waals surface area contributed by atoms with Gasteiger partial charge in [0.2, 0.25) is 5.91 Å². The maximum atomic E-state index is 12.6. The fraction of sp³-hybridized carbons (Fsp3) is 0.476. The van der Waals surface area contributed by atoms with Crippen molar-refractivity contribution in [2.45, 2.75) is 38.8 Å². The summed E-state index contributed by atoms with van der Waals surface area (Å²) in [4.78, 5) is 52.3. The SMILES string of the molecule is CCOC(=O)N=C(N)c1ccc(C(=O)N[C@@H](C)C(=O)N2CCC(OCC(=O)O)CC2)cc1. The van der Waals surface area contributed by atoms with E-state index in [4.69, 9.17) is 20.3 Å². The lowest BCUT2D eigenvalue weighted by Gasteiger charge is -2.33. The second-order valence-corrected chi connectivity index (χ2v) is 7.20. The van der Waals surface area contributed by atoms with Crippen molar-refractivity contribution in [3.05, 3.63) is 35.4 Å². The highest BCUT2D eigenvalue weighted by Crippen LogP contribution is 2.15. The molecule has 0 spiro atoms. The molecule has 0 unspecified atom stereocenters. The number of carboxylic acids is 1. The summed E-state index contributed by atoms with van der Waals surface area (Å²) in [5.41, 5.74) is 6.53. The van der Waals surface area contributed by atoms with Crippen LogP contribution in [0.1, 0.15) is 42.6 Å². The Morgan fingerprint density at radius 1 is 1.19 bits per heavy atom. The fourth-order valence-corrected chi connectivity index (χ4v) is 3.16. The van der Waals surface area contributed by atoms with Gasteiger partial charge in [0.15, 0.2) is 0 Å². The third-order valence-corrected chi connectivity index (χ3v) is 4.84. The Labute approximate surface area is 185 Å². The number of aliphatic carboxylic acids is 1. The molecule has 0 bridgehead atoms. The molecule has 1 aliphatic heterocycles. The lowest BCUT2D eigenvalue weighted by Crippen LogP contribution is -2.50. The number of hydrogen-bond donors (Lipinski definition) is 3. The van der Waals surface area contributed by atoms with E-state index in [9.17, 15) is 19.2 Å². The van der Waals surface area contributed by atoms with Gasteiger partial charge in [-0.2, -0.15) is 4.99 Å². The van der Waals surface area contributed by atoms with Crippen molar-refractivity contribution in [1.29, 1.82) is 0 Å². The number of nitrogens with zero attached hydrogens (tertiary/aromatic N) is 2. The van der Waals surface area contributed by atoms with E-state index >= 15 is 0 Å². The molecule has 0 saturated carbocycles. The van der Waals surface area contributed by atoms with Crippen molar-refractivity contribution in [3.8, 4) is 0 Å². The molecule has 1 fully saturated rings. The van der Waals surface area contributed by atoms with E-state index < -0.39 is 24.0 Å². The fourth-order valence-electron chi connectivity index (χ4n) is 3.16. The van der Waals surface area contributed by atoms with Gasteiger partial charge in [-0.05, 0) is 38.8 Å². The molecule has 1 aliphatic rings. The Morgan fingerprint density at radius 2 is 1.78 bits per heavy atom. The summed E-state index contributed by atoms with van der Waals surface area (Å²) in [5.74, 6) is -1.72. The van der Waals surface area contributed by atoms with Crippen LogP contribution in [0.4, 0.5) is 4.79 Å². The van der Waals surface area contributed by atoms with Crippen LogP contribution in [-0.4, -0.2) is 78.2 Å². The number of benzene rings is 1. The van der Waals surface area contributed by atoms with E-state index in [0.29, 0.717) is 37.1 Å². The van der Waals surface area contributed by atoms with E-state index in [0.717, 1.165) is 0 Å². The summed E-state index contributed by atoms with van der Waals surface area (Å²) < 4.78 is 9.97. The highest BCUT2D eigenvalue weighted by Gasteiger charge is 2.27. The van der Waals surface area contributed by atoms with Crippen molar-refractivity contribution in [3.63, 3.8) is 0 Å². The van der Waals surface area contributed by atoms with Gasteiger partial charge in [0, 0.05) is 24.2 Å². The second kappa shape index (κ2) is 11.8. The van der Waals surface area contributed by atoms with Crippen LogP contribution in [0.15, 0.2) is 29.3 Å². The van der Waals surface area contributed by atoms with Crippen molar-refractivity contribution in [2.24, 2.45) is 10.7 Å². The predicted molar refractivity (Wildman–Crippen MR) is 114 cm³/mol. The van der Waals surface area contributed by atoms with Crippen LogP contribution < -0.4 is 11.1 Å². The lowest BCUT2D eigenvalue weighted by atomic mass is 10.1. The normalized spacial score (nSPS) is 15.7. The van der Waals surface area contributed by atoms with Gasteiger partial charge >= 0.3 is 12.1 Å². The molecule has 1 saturated heterocycles. The molecule has 174 valence electrons. The molecule has 11 nitrogen and oxygen atoms in total. The number of carbonyl (C=O) groups excluding carboxylic acids is 3. The Kier molecular flexibility index (Phi) is 9.14. The van der Waals surface area contributed by atoms with E-state index in [1.54, 1.807) is 30.9 Å². The summed E-state index contributed by atoms with van der Waals surface area (Å²) in [5, 5.41) is 11.3. The Balaban J connectivity index is 1.87. The van der Waals surface area contributed by atoms with Gasteiger partial charge in [-0.15, -0.1) is 0 Å². The first kappa shape index (κ1) is 24.8. The van der Waals surface area contributed by atoms with Crippen molar-refractivity contribution < 1.29 is 33.8 Å². The smallest absolute Gasteiger partial charge is 0.435 e. The first-order valence-electron chi connectivity index (χ1n) is 10.3. The largest absolute Gasteiger partial charge is 0.480 e. The zero-order valence-corrected chi connectivity index (χ0v) is 18.1. The lowest BCUT2D eigenvalue weighted by molar-refractivity contribution is -0.147. The third kappa shape index (κ3) is 7.34. The van der Waals surface area contributed by atoms with Crippen LogP contribution >= 0.6 is 0 Å². The number of likely N-dealkylation sites (tertiary alicyclic amines) is 1. The number of piperidine rings is 1. The first-order chi connectivity index (χ1) is 15.2. The monoisotopic (exact) mass is 448 g/mol. The predicted octanol–water partition coefficient (Wildman–Crippen LogP) is 0.759. The molecule has 11 heteroatoms. The maximum absolute atomic E-state index is 12.6. The quantitative estimate of drug-likeness (QED) is 0.388. The number of amidine groups is 1. The summed E-state index contributed by atoms with van der Waals surface area (Å²) >= 11 is 0. The number of carbonyl (C=O) groups is 4. The minimum absolute atomic E-state index is 0.0327. The van der Waals surface area contributed by atoms with Crippen LogP contribution in [0.3, 0.4) is 0 Å². The molecule has 0 radical (unpaired) electrons. The molecule has 32 heavy (non-hydrogen) atoms. The average Bonchev–Trinajstić information content (AvgIpc) is 2.77. The average molecular weight is 448 g/mol. The molecule has 3 amide bonds. The molecule has 0 aliphatic carbocycles. The topological polar surface area (TPSA) is 161 Å². The third-order valence-electron chi connectivity index (χ3n) is 4.84. The standard InChI is InChI=1S/C21H28N4O7/c1-3-31-21(30)24-18(22)14-4-6-15(7-5-14)19(28)23-13(2)20(29)25-10-8-16(9-11-25)32-12-17(26)27/h4-7,13,16H,3,8-12H2,1-2H3,(H,23,28)(H,26,27)(H2,22,24,30)/t13-/m0/s1. The number of carboxylic acid groups (broad SMARTS) is 1. The molecule has 1 aromatic rings. The minimum atomic E-state index is -1.03. The zero-order valence-electron chi connectivity index (χ0n) is 18.1. The van der Waals surface area contributed by atoms with Crippen molar-refractivity contribution >= 4 is 29.7 Å². The Hall–Kier alpha value is -3.47. The molecule has 1 heterocycles. The number of amides is 3. The van der Waals surface area contributed by atoms with Crippen LogP contribution in [0.5, 0.6) is 0 Å². The highest BCUT2D eigenvalue weighted by molar-refractivity contribution is 6.04. The van der Waals surface area contributed by atoms with Crippen LogP contribution in [-0.2, 0) is 19.1 Å². The van der Waals surface area contributed by atoms with Gasteiger partial charge in [-0.25, -0.2) is 9.59 Å². The van der Waals surface area contributed by atoms with E-state index in [1.165, 1.54) is 12.1 Å². The minimum Gasteiger partial charge on any atom is -0.480 e. The molecule has 1 atom stereocenters. The number of rotatable bonds is 8. The number of hydrogen-bond acceptors (Lipinski definition) is 6. The van der Waals surface area contributed by atoms with Gasteiger partial charge in [-0.1, -0.05) is 12.1 Å². The van der Waals surface area contributed by atoms with Crippen molar-refractivity contribution in [1.82, 2.24) is 10.2 Å². The summed E-state index contributed by atoms with van der Waals surface area (Å²) in [6.07, 6.45) is 0.0845. The second-order valence-electron chi connectivity index (χ2n) is 7.20. The molecular weight excluding hydrogens is 420 g/mol. The molecular formula is C21H28N4O7. The van der Waals surface area contributed by atoms with Crippen LogP contribution in [0, 0.1) is 0 Å². The van der Waals surface area contributed by atoms with Gasteiger partial charge in [0.05, 0.1) is 12.7 Å². The van der Waals surface area contributed by atoms with Gasteiger partial charge in [0.1, 0.15) is 18.5 Å². The number of nitrogens with two attached hydrogens (primary N) is 1. The van der Waals surface area contributed by atoms with Crippen LogP contribution in [0.2, 0.25) is 0 Å². The number of ether oxygens (including phenoxy) is 2. The van der Waals surface area contributed by atoms with Gasteiger partial charge < -0.3 is 30.5 Å².